The number of anilines is 1. The van der Waals surface area contributed by atoms with Gasteiger partial charge in [0.1, 0.15) is 5.82 Å². The van der Waals surface area contributed by atoms with E-state index >= 15 is 0 Å². The molecule has 2 heterocycles. The largest absolute Gasteiger partial charge is 0.370 e. The van der Waals surface area contributed by atoms with Crippen molar-refractivity contribution in [3.63, 3.8) is 0 Å². The zero-order valence-corrected chi connectivity index (χ0v) is 12.8. The molecule has 19 heavy (non-hydrogen) atoms. The van der Waals surface area contributed by atoms with E-state index in [0.717, 1.165) is 55.6 Å². The summed E-state index contributed by atoms with van der Waals surface area (Å²) in [5.74, 6) is 2.39. The Hall–Kier alpha value is -0.650. The molecular weight excluding hydrogens is 282 g/mol. The van der Waals surface area contributed by atoms with Gasteiger partial charge in [-0.15, -0.1) is 0 Å². The van der Waals surface area contributed by atoms with Crippen molar-refractivity contribution in [3.8, 4) is 0 Å². The number of halogens is 1. The molecule has 1 aliphatic rings. The maximum Gasteiger partial charge on any atom is 0.126 e. The van der Waals surface area contributed by atoms with Crippen molar-refractivity contribution in [2.45, 2.75) is 19.9 Å². The lowest BCUT2D eigenvalue weighted by Crippen LogP contribution is -2.37. The fraction of sp³-hybridized carbons (Fsp3) is 0.615. The average molecular weight is 302 g/mol. The van der Waals surface area contributed by atoms with Crippen LogP contribution in [0.25, 0.3) is 0 Å². The Morgan fingerprint density at radius 1 is 1.42 bits per heavy atom. The van der Waals surface area contributed by atoms with E-state index in [1.807, 2.05) is 12.1 Å². The molecule has 0 amide bonds. The van der Waals surface area contributed by atoms with E-state index in [0.29, 0.717) is 5.02 Å². The Morgan fingerprint density at radius 2 is 2.16 bits per heavy atom. The predicted octanol–water partition coefficient (Wildman–Crippen LogP) is 2.12. The van der Waals surface area contributed by atoms with E-state index in [2.05, 4.69) is 22.1 Å². The van der Waals surface area contributed by atoms with Crippen LogP contribution in [0.5, 0.6) is 0 Å². The third-order valence-electron chi connectivity index (χ3n) is 3.12. The highest BCUT2D eigenvalue weighted by molar-refractivity contribution is 7.85. The molecule has 1 N–H and O–H groups in total. The minimum atomic E-state index is -0.640. The van der Waals surface area contributed by atoms with Gasteiger partial charge in [0.25, 0.3) is 0 Å². The first-order valence-corrected chi connectivity index (χ1v) is 8.52. The van der Waals surface area contributed by atoms with Crippen molar-refractivity contribution in [2.24, 2.45) is 0 Å². The zero-order chi connectivity index (χ0) is 13.7. The van der Waals surface area contributed by atoms with Gasteiger partial charge in [-0.1, -0.05) is 18.5 Å². The van der Waals surface area contributed by atoms with Crippen LogP contribution in [0.4, 0.5) is 5.82 Å². The Labute approximate surface area is 122 Å². The molecule has 1 saturated heterocycles. The molecule has 0 bridgehead atoms. The van der Waals surface area contributed by atoms with Crippen LogP contribution in [0.3, 0.4) is 0 Å². The maximum absolute atomic E-state index is 11.3. The number of rotatable bonds is 5. The molecule has 2 rings (SSSR count). The summed E-state index contributed by atoms with van der Waals surface area (Å²) in [4.78, 5) is 6.83. The van der Waals surface area contributed by atoms with E-state index in [4.69, 9.17) is 11.6 Å². The highest BCUT2D eigenvalue weighted by Crippen LogP contribution is 2.19. The van der Waals surface area contributed by atoms with Gasteiger partial charge >= 0.3 is 0 Å². The van der Waals surface area contributed by atoms with Gasteiger partial charge in [0, 0.05) is 48.5 Å². The number of aromatic nitrogens is 1. The van der Waals surface area contributed by atoms with E-state index in [9.17, 15) is 4.21 Å². The SMILES string of the molecule is CCCNc1ccc(Cl)c(CN2CCS(=O)CC2)n1. The van der Waals surface area contributed by atoms with Gasteiger partial charge in [-0.05, 0) is 18.6 Å². The van der Waals surface area contributed by atoms with Gasteiger partial charge in [-0.25, -0.2) is 4.98 Å². The number of pyridine rings is 1. The normalized spacial score (nSPS) is 17.6. The van der Waals surface area contributed by atoms with Gasteiger partial charge < -0.3 is 5.32 Å². The molecule has 4 nitrogen and oxygen atoms in total. The second kappa shape index (κ2) is 7.22. The summed E-state index contributed by atoms with van der Waals surface area (Å²) in [6.07, 6.45) is 1.07. The van der Waals surface area contributed by atoms with Crippen molar-refractivity contribution < 1.29 is 4.21 Å². The second-order valence-electron chi connectivity index (χ2n) is 4.68. The molecule has 0 radical (unpaired) electrons. The Morgan fingerprint density at radius 3 is 2.84 bits per heavy atom. The minimum Gasteiger partial charge on any atom is -0.370 e. The standard InChI is InChI=1S/C13H20ClN3OS/c1-2-5-15-13-4-3-11(14)12(16-13)10-17-6-8-19(18)9-7-17/h3-4H,2,5-10H2,1H3,(H,15,16). The quantitative estimate of drug-likeness (QED) is 0.905. The third-order valence-corrected chi connectivity index (χ3v) is 4.74. The van der Waals surface area contributed by atoms with Gasteiger partial charge in [0.05, 0.1) is 10.7 Å². The molecule has 0 atom stereocenters. The highest BCUT2D eigenvalue weighted by atomic mass is 35.5. The van der Waals surface area contributed by atoms with Crippen LogP contribution in [-0.2, 0) is 17.3 Å². The molecule has 106 valence electrons. The van der Waals surface area contributed by atoms with Crippen molar-refractivity contribution in [2.75, 3.05) is 36.5 Å². The first-order chi connectivity index (χ1) is 9.19. The molecular formula is C13H20ClN3OS. The minimum absolute atomic E-state index is 0.640. The van der Waals surface area contributed by atoms with Gasteiger partial charge in [0.15, 0.2) is 0 Å². The smallest absolute Gasteiger partial charge is 0.126 e. The van der Waals surface area contributed by atoms with Crippen LogP contribution in [0, 0.1) is 0 Å². The number of nitrogens with one attached hydrogen (secondary N) is 1. The lowest BCUT2D eigenvalue weighted by molar-refractivity contribution is 0.288. The fourth-order valence-electron chi connectivity index (χ4n) is 1.99. The van der Waals surface area contributed by atoms with E-state index in [-0.39, 0.29) is 0 Å². The molecule has 0 spiro atoms. The van der Waals surface area contributed by atoms with Crippen LogP contribution in [0.1, 0.15) is 19.0 Å². The first-order valence-electron chi connectivity index (χ1n) is 6.65. The van der Waals surface area contributed by atoms with Gasteiger partial charge in [-0.3, -0.25) is 9.11 Å². The van der Waals surface area contributed by atoms with Gasteiger partial charge in [0.2, 0.25) is 0 Å². The molecule has 0 aliphatic carbocycles. The summed E-state index contributed by atoms with van der Waals surface area (Å²) in [7, 11) is -0.640. The van der Waals surface area contributed by atoms with Crippen molar-refractivity contribution in [1.82, 2.24) is 9.88 Å². The van der Waals surface area contributed by atoms with Crippen LogP contribution >= 0.6 is 11.6 Å². The number of hydrogen-bond donors (Lipinski definition) is 1. The molecule has 6 heteroatoms. The molecule has 1 aromatic heterocycles. The Balaban J connectivity index is 2.00. The lowest BCUT2D eigenvalue weighted by atomic mass is 10.3. The summed E-state index contributed by atoms with van der Waals surface area (Å²) in [6, 6.07) is 3.80. The molecule has 0 aromatic carbocycles. The molecule has 0 saturated carbocycles. The van der Waals surface area contributed by atoms with E-state index in [1.165, 1.54) is 0 Å². The third kappa shape index (κ3) is 4.44. The molecule has 1 fully saturated rings. The van der Waals surface area contributed by atoms with E-state index < -0.39 is 10.8 Å². The maximum atomic E-state index is 11.3. The monoisotopic (exact) mass is 301 g/mol. The summed E-state index contributed by atoms with van der Waals surface area (Å²) in [5.41, 5.74) is 0.899. The summed E-state index contributed by atoms with van der Waals surface area (Å²) >= 11 is 6.20. The second-order valence-corrected chi connectivity index (χ2v) is 6.78. The van der Waals surface area contributed by atoms with Crippen molar-refractivity contribution in [3.05, 3.63) is 22.8 Å². The predicted molar refractivity (Wildman–Crippen MR) is 81.2 cm³/mol. The van der Waals surface area contributed by atoms with Crippen LogP contribution in [0.15, 0.2) is 12.1 Å². The average Bonchev–Trinajstić information content (AvgIpc) is 2.42. The van der Waals surface area contributed by atoms with Crippen molar-refractivity contribution >= 4 is 28.2 Å². The number of hydrogen-bond acceptors (Lipinski definition) is 4. The fourth-order valence-corrected chi connectivity index (χ4v) is 3.29. The lowest BCUT2D eigenvalue weighted by Gasteiger charge is -2.26. The van der Waals surface area contributed by atoms with Crippen LogP contribution in [0.2, 0.25) is 5.02 Å². The zero-order valence-electron chi connectivity index (χ0n) is 11.2. The molecule has 1 aliphatic heterocycles. The Bertz CT molecular complexity index is 446. The summed E-state index contributed by atoms with van der Waals surface area (Å²) in [5, 5.41) is 3.97. The molecule has 0 unspecified atom stereocenters. The van der Waals surface area contributed by atoms with E-state index in [1.54, 1.807) is 0 Å². The summed E-state index contributed by atoms with van der Waals surface area (Å²) in [6.45, 7) is 5.49. The summed E-state index contributed by atoms with van der Waals surface area (Å²) < 4.78 is 11.3. The van der Waals surface area contributed by atoms with Crippen molar-refractivity contribution in [1.29, 1.82) is 0 Å². The first kappa shape index (κ1) is 14.8. The van der Waals surface area contributed by atoms with Gasteiger partial charge in [-0.2, -0.15) is 0 Å². The Kier molecular flexibility index (Phi) is 5.60. The van der Waals surface area contributed by atoms with Crippen LogP contribution in [-0.4, -0.2) is 45.2 Å². The topological polar surface area (TPSA) is 45.2 Å². The van der Waals surface area contributed by atoms with Crippen LogP contribution < -0.4 is 5.32 Å². The number of nitrogens with zero attached hydrogens (tertiary/aromatic N) is 2. The highest BCUT2D eigenvalue weighted by Gasteiger charge is 2.17. The molecule has 1 aromatic rings.